The molecule has 3 aromatic rings. The normalized spacial score (nSPS) is 10.9. The lowest BCUT2D eigenvalue weighted by Gasteiger charge is -2.04. The van der Waals surface area contributed by atoms with Gasteiger partial charge in [-0.05, 0) is 35.9 Å². The first kappa shape index (κ1) is 15.6. The maximum atomic E-state index is 12.0. The first-order valence-corrected chi connectivity index (χ1v) is 7.32. The van der Waals surface area contributed by atoms with Crippen molar-refractivity contribution in [3.8, 4) is 5.75 Å². The maximum Gasteiger partial charge on any atom is 0.360 e. The molecule has 0 aliphatic heterocycles. The fourth-order valence-corrected chi connectivity index (χ4v) is 2.23. The number of hydrogen-bond acceptors (Lipinski definition) is 4. The number of fused-ring (bicyclic) bond motifs is 1. The van der Waals surface area contributed by atoms with E-state index in [9.17, 15) is 9.59 Å². The molecule has 5 nitrogen and oxygen atoms in total. The summed E-state index contributed by atoms with van der Waals surface area (Å²) in [6.07, 6.45) is 3.03. The van der Waals surface area contributed by atoms with Crippen LogP contribution >= 0.6 is 0 Å². The van der Waals surface area contributed by atoms with Gasteiger partial charge in [0.2, 0.25) is 5.91 Å². The second-order valence-electron chi connectivity index (χ2n) is 5.08. The van der Waals surface area contributed by atoms with Gasteiger partial charge >= 0.3 is 5.63 Å². The topological polar surface area (TPSA) is 68.5 Å². The van der Waals surface area contributed by atoms with Gasteiger partial charge < -0.3 is 14.5 Å². The summed E-state index contributed by atoms with van der Waals surface area (Å²) in [6.45, 7) is 0. The molecule has 0 spiro atoms. The molecule has 3 rings (SSSR count). The Labute approximate surface area is 138 Å². The molecule has 5 heteroatoms. The molecule has 0 saturated carbocycles. The number of carbonyl (C=O) groups is 1. The van der Waals surface area contributed by atoms with Gasteiger partial charge in [-0.25, -0.2) is 4.79 Å². The van der Waals surface area contributed by atoms with Crippen LogP contribution in [0.4, 0.5) is 5.69 Å². The van der Waals surface area contributed by atoms with Crippen LogP contribution in [0.2, 0.25) is 0 Å². The van der Waals surface area contributed by atoms with Gasteiger partial charge in [-0.1, -0.05) is 30.3 Å². The largest absolute Gasteiger partial charge is 0.497 e. The molecule has 0 fully saturated rings. The molecule has 0 bridgehead atoms. The number of nitrogens with one attached hydrogen (secondary N) is 1. The Morgan fingerprint density at radius 3 is 2.67 bits per heavy atom. The Bertz CT molecular complexity index is 958. The monoisotopic (exact) mass is 321 g/mol. The lowest BCUT2D eigenvalue weighted by molar-refractivity contribution is -0.111. The third-order valence-electron chi connectivity index (χ3n) is 3.42. The average molecular weight is 321 g/mol. The van der Waals surface area contributed by atoms with Crippen LogP contribution in [0.1, 0.15) is 5.56 Å². The van der Waals surface area contributed by atoms with Crippen molar-refractivity contribution in [2.45, 2.75) is 0 Å². The lowest BCUT2D eigenvalue weighted by atomic mass is 10.2. The Hall–Kier alpha value is -3.34. The van der Waals surface area contributed by atoms with Crippen LogP contribution in [-0.4, -0.2) is 13.0 Å². The molecule has 1 amide bonds. The highest BCUT2D eigenvalue weighted by atomic mass is 16.5. The van der Waals surface area contributed by atoms with E-state index in [-0.39, 0.29) is 5.69 Å². The molecule has 24 heavy (non-hydrogen) atoms. The van der Waals surface area contributed by atoms with Crippen LogP contribution in [0.25, 0.3) is 17.0 Å². The van der Waals surface area contributed by atoms with Gasteiger partial charge in [0.15, 0.2) is 0 Å². The zero-order valence-electron chi connectivity index (χ0n) is 13.0. The minimum atomic E-state index is -0.603. The third-order valence-corrected chi connectivity index (χ3v) is 3.42. The summed E-state index contributed by atoms with van der Waals surface area (Å²) >= 11 is 0. The summed E-state index contributed by atoms with van der Waals surface area (Å²) in [5.74, 6) is 0.228. The summed E-state index contributed by atoms with van der Waals surface area (Å²) in [5, 5.41) is 3.20. The van der Waals surface area contributed by atoms with Crippen molar-refractivity contribution in [2.24, 2.45) is 0 Å². The average Bonchev–Trinajstić information content (AvgIpc) is 2.61. The highest BCUT2D eigenvalue weighted by Crippen LogP contribution is 2.21. The molecule has 0 unspecified atom stereocenters. The summed E-state index contributed by atoms with van der Waals surface area (Å²) < 4.78 is 10.3. The predicted octanol–water partition coefficient (Wildman–Crippen LogP) is 3.45. The van der Waals surface area contributed by atoms with Gasteiger partial charge in [-0.15, -0.1) is 0 Å². The molecule has 1 heterocycles. The van der Waals surface area contributed by atoms with E-state index in [1.54, 1.807) is 37.5 Å². The van der Waals surface area contributed by atoms with E-state index in [2.05, 4.69) is 5.32 Å². The Kier molecular flexibility index (Phi) is 4.43. The molecule has 1 aromatic heterocycles. The van der Waals surface area contributed by atoms with Gasteiger partial charge in [0.1, 0.15) is 17.0 Å². The summed E-state index contributed by atoms with van der Waals surface area (Å²) in [6, 6.07) is 16.0. The van der Waals surface area contributed by atoms with E-state index < -0.39 is 11.5 Å². The minimum absolute atomic E-state index is 0.0819. The third kappa shape index (κ3) is 3.52. The van der Waals surface area contributed by atoms with Crippen molar-refractivity contribution in [3.05, 3.63) is 76.7 Å². The van der Waals surface area contributed by atoms with E-state index in [0.29, 0.717) is 16.7 Å². The van der Waals surface area contributed by atoms with Gasteiger partial charge in [0.25, 0.3) is 0 Å². The van der Waals surface area contributed by atoms with E-state index in [1.807, 2.05) is 30.3 Å². The summed E-state index contributed by atoms with van der Waals surface area (Å²) in [7, 11) is 1.55. The summed E-state index contributed by atoms with van der Waals surface area (Å²) in [4.78, 5) is 24.0. The fourth-order valence-electron chi connectivity index (χ4n) is 2.23. The molecule has 1 N–H and O–H groups in total. The van der Waals surface area contributed by atoms with Crippen LogP contribution in [0, 0.1) is 0 Å². The van der Waals surface area contributed by atoms with E-state index >= 15 is 0 Å². The lowest BCUT2D eigenvalue weighted by Crippen LogP contribution is -2.15. The van der Waals surface area contributed by atoms with Crippen LogP contribution in [0.3, 0.4) is 0 Å². The quantitative estimate of drug-likeness (QED) is 0.590. The molecular formula is C19H15NO4. The number of benzene rings is 2. The zero-order valence-corrected chi connectivity index (χ0v) is 13.0. The van der Waals surface area contributed by atoms with E-state index in [0.717, 1.165) is 5.56 Å². The molecule has 0 aliphatic carbocycles. The van der Waals surface area contributed by atoms with Gasteiger partial charge in [-0.2, -0.15) is 0 Å². The number of hydrogen-bond donors (Lipinski definition) is 1. The first-order valence-electron chi connectivity index (χ1n) is 7.32. The summed E-state index contributed by atoms with van der Waals surface area (Å²) in [5.41, 5.74) is 0.800. The van der Waals surface area contributed by atoms with Crippen LogP contribution in [-0.2, 0) is 4.79 Å². The number of ether oxygens (including phenoxy) is 1. The SMILES string of the molecule is COc1ccc2oc(=O)c(NC(=O)/C=C/c3ccccc3)cc2c1. The zero-order chi connectivity index (χ0) is 16.9. The number of methoxy groups -OCH3 is 1. The van der Waals surface area contributed by atoms with Crippen molar-refractivity contribution >= 4 is 28.6 Å². The molecule has 0 atom stereocenters. The first-order chi connectivity index (χ1) is 11.7. The highest BCUT2D eigenvalue weighted by Gasteiger charge is 2.08. The van der Waals surface area contributed by atoms with Crippen LogP contribution in [0.15, 0.2) is 69.9 Å². The van der Waals surface area contributed by atoms with E-state index in [4.69, 9.17) is 9.15 Å². The van der Waals surface area contributed by atoms with Crippen LogP contribution in [0.5, 0.6) is 5.75 Å². The second-order valence-corrected chi connectivity index (χ2v) is 5.08. The van der Waals surface area contributed by atoms with Gasteiger partial charge in [0.05, 0.1) is 7.11 Å². The molecule has 0 saturated heterocycles. The van der Waals surface area contributed by atoms with E-state index in [1.165, 1.54) is 6.08 Å². The number of anilines is 1. The van der Waals surface area contributed by atoms with Crippen molar-refractivity contribution in [1.29, 1.82) is 0 Å². The fraction of sp³-hybridized carbons (Fsp3) is 0.0526. The molecule has 2 aromatic carbocycles. The Morgan fingerprint density at radius 1 is 1.12 bits per heavy atom. The van der Waals surface area contributed by atoms with Crippen molar-refractivity contribution in [2.75, 3.05) is 12.4 Å². The van der Waals surface area contributed by atoms with Gasteiger partial charge in [-0.3, -0.25) is 4.79 Å². The highest BCUT2D eigenvalue weighted by molar-refractivity contribution is 6.02. The number of rotatable bonds is 4. The van der Waals surface area contributed by atoms with Crippen molar-refractivity contribution in [3.63, 3.8) is 0 Å². The second kappa shape index (κ2) is 6.83. The molecule has 0 radical (unpaired) electrons. The minimum Gasteiger partial charge on any atom is -0.497 e. The smallest absolute Gasteiger partial charge is 0.360 e. The predicted molar refractivity (Wildman–Crippen MR) is 93.1 cm³/mol. The van der Waals surface area contributed by atoms with Gasteiger partial charge in [0, 0.05) is 11.5 Å². The van der Waals surface area contributed by atoms with Crippen molar-refractivity contribution in [1.82, 2.24) is 0 Å². The number of carbonyl (C=O) groups excluding carboxylic acids is 1. The Balaban J connectivity index is 1.83. The Morgan fingerprint density at radius 2 is 1.92 bits per heavy atom. The maximum absolute atomic E-state index is 12.0. The number of amides is 1. The molecule has 0 aliphatic rings. The molecular weight excluding hydrogens is 306 g/mol. The molecule has 120 valence electrons. The standard InChI is InChI=1S/C19H15NO4/c1-23-15-8-9-17-14(11-15)12-16(19(22)24-17)20-18(21)10-7-13-5-3-2-4-6-13/h2-12H,1H3,(H,20,21)/b10-7+. The van der Waals surface area contributed by atoms with Crippen LogP contribution < -0.4 is 15.7 Å². The van der Waals surface area contributed by atoms with Crippen molar-refractivity contribution < 1.29 is 13.9 Å².